The van der Waals surface area contributed by atoms with Crippen LogP contribution in [0.2, 0.25) is 5.02 Å². The van der Waals surface area contributed by atoms with Gasteiger partial charge in [-0.25, -0.2) is 4.98 Å². The van der Waals surface area contributed by atoms with Crippen LogP contribution in [-0.4, -0.2) is 48.5 Å². The van der Waals surface area contributed by atoms with E-state index in [2.05, 4.69) is 10.2 Å². The summed E-state index contributed by atoms with van der Waals surface area (Å²) in [5, 5.41) is 6.63. The molecule has 0 saturated carbocycles. The number of piperidine rings is 1. The zero-order valence-electron chi connectivity index (χ0n) is 20.5. The Kier molecular flexibility index (Phi) is 9.50. The number of amides is 1. The Labute approximate surface area is 221 Å². The lowest BCUT2D eigenvalue weighted by atomic mass is 9.97. The zero-order chi connectivity index (χ0) is 25.3. The summed E-state index contributed by atoms with van der Waals surface area (Å²) in [6.45, 7) is 3.14. The van der Waals surface area contributed by atoms with Gasteiger partial charge in [0.2, 0.25) is 0 Å². The van der Waals surface area contributed by atoms with Gasteiger partial charge in [0.05, 0.1) is 12.1 Å². The number of para-hydroxylation sites is 1. The highest BCUT2D eigenvalue weighted by Crippen LogP contribution is 2.32. The fraction of sp³-hybridized carbons (Fsp3) is 0.393. The minimum Gasteiger partial charge on any atom is -0.469 e. The number of hydrogen-bond donors (Lipinski definition) is 1. The average molecular weight is 526 g/mol. The van der Waals surface area contributed by atoms with Crippen LogP contribution in [0.25, 0.3) is 11.1 Å². The summed E-state index contributed by atoms with van der Waals surface area (Å²) in [7, 11) is 1.44. The van der Waals surface area contributed by atoms with Crippen LogP contribution in [0.3, 0.4) is 0 Å². The van der Waals surface area contributed by atoms with Crippen LogP contribution < -0.4 is 5.32 Å². The van der Waals surface area contributed by atoms with E-state index in [1.807, 2.05) is 53.9 Å². The number of carbonyl (C=O) groups excluding carboxylic acids is 2. The molecule has 0 radical (unpaired) electrons. The van der Waals surface area contributed by atoms with Crippen molar-refractivity contribution in [3.63, 3.8) is 0 Å². The van der Waals surface area contributed by atoms with E-state index in [1.165, 1.54) is 7.11 Å². The van der Waals surface area contributed by atoms with Crippen molar-refractivity contribution in [3.05, 3.63) is 69.6 Å². The molecule has 1 N–H and O–H groups in total. The molecule has 0 unspecified atom stereocenters. The van der Waals surface area contributed by atoms with Gasteiger partial charge in [-0.2, -0.15) is 0 Å². The van der Waals surface area contributed by atoms with Crippen molar-refractivity contribution in [2.75, 3.05) is 32.1 Å². The van der Waals surface area contributed by atoms with E-state index in [1.54, 1.807) is 11.3 Å². The van der Waals surface area contributed by atoms with Crippen LogP contribution >= 0.6 is 22.9 Å². The summed E-state index contributed by atoms with van der Waals surface area (Å²) in [6, 6.07) is 15.3. The average Bonchev–Trinajstić information content (AvgIpc) is 3.40. The monoisotopic (exact) mass is 525 g/mol. The van der Waals surface area contributed by atoms with Crippen molar-refractivity contribution >= 4 is 40.5 Å². The summed E-state index contributed by atoms with van der Waals surface area (Å²) >= 11 is 7.61. The second-order valence-corrected chi connectivity index (χ2v) is 10.4. The number of halogens is 1. The van der Waals surface area contributed by atoms with Crippen molar-refractivity contribution in [1.29, 1.82) is 0 Å². The van der Waals surface area contributed by atoms with Gasteiger partial charge in [0.25, 0.3) is 5.91 Å². The Hall–Kier alpha value is -2.74. The van der Waals surface area contributed by atoms with Gasteiger partial charge >= 0.3 is 5.97 Å². The fourth-order valence-electron chi connectivity index (χ4n) is 4.53. The van der Waals surface area contributed by atoms with Crippen molar-refractivity contribution in [1.82, 2.24) is 9.88 Å². The maximum atomic E-state index is 13.0. The number of esters is 1. The molecule has 4 rings (SSSR count). The summed E-state index contributed by atoms with van der Waals surface area (Å²) in [5.74, 6) is 0.0786. The molecule has 1 aliphatic rings. The maximum absolute atomic E-state index is 13.0. The van der Waals surface area contributed by atoms with Crippen LogP contribution in [0.15, 0.2) is 53.9 Å². The number of likely N-dealkylation sites (tertiary alicyclic amines) is 1. The molecule has 8 heteroatoms. The molecule has 1 aliphatic heterocycles. The van der Waals surface area contributed by atoms with Gasteiger partial charge in [0.1, 0.15) is 5.69 Å². The topological polar surface area (TPSA) is 71.5 Å². The number of anilines is 1. The third kappa shape index (κ3) is 7.15. The standard InChI is InChI=1S/C28H32ClN3O3S/c1-35-26(33)9-3-2-6-16-32-17-14-21(15-18-32)28-31-25(19-36-28)27(34)30-24-8-5-4-7-23(24)20-10-12-22(29)13-11-20/h4-5,7-8,10-13,19,21H,2-3,6,9,14-18H2,1H3,(H,30,34). The van der Waals surface area contributed by atoms with Crippen molar-refractivity contribution in [2.24, 2.45) is 0 Å². The highest BCUT2D eigenvalue weighted by atomic mass is 35.5. The highest BCUT2D eigenvalue weighted by Gasteiger charge is 2.24. The lowest BCUT2D eigenvalue weighted by Gasteiger charge is -2.31. The first-order valence-corrected chi connectivity index (χ1v) is 13.7. The molecule has 1 saturated heterocycles. The molecule has 0 atom stereocenters. The SMILES string of the molecule is COC(=O)CCCCCN1CCC(c2nc(C(=O)Nc3ccccc3-c3ccc(Cl)cc3)cs2)CC1. The van der Waals surface area contributed by atoms with E-state index in [-0.39, 0.29) is 11.9 Å². The minimum atomic E-state index is -0.191. The lowest BCUT2D eigenvalue weighted by molar-refractivity contribution is -0.140. The van der Waals surface area contributed by atoms with Crippen molar-refractivity contribution < 1.29 is 14.3 Å². The molecule has 0 bridgehead atoms. The van der Waals surface area contributed by atoms with Crippen LogP contribution in [-0.2, 0) is 9.53 Å². The lowest BCUT2D eigenvalue weighted by Crippen LogP contribution is -2.33. The molecule has 2 aromatic carbocycles. The number of methoxy groups -OCH3 is 1. The van der Waals surface area contributed by atoms with E-state index in [0.29, 0.717) is 23.1 Å². The van der Waals surface area contributed by atoms with Gasteiger partial charge in [0, 0.05) is 34.0 Å². The highest BCUT2D eigenvalue weighted by molar-refractivity contribution is 7.10. The molecule has 1 aromatic heterocycles. The van der Waals surface area contributed by atoms with Crippen LogP contribution in [0.4, 0.5) is 5.69 Å². The third-order valence-corrected chi connectivity index (χ3v) is 7.86. The smallest absolute Gasteiger partial charge is 0.305 e. The molecular weight excluding hydrogens is 494 g/mol. The number of aromatic nitrogens is 1. The van der Waals surface area contributed by atoms with Gasteiger partial charge in [-0.3, -0.25) is 9.59 Å². The van der Waals surface area contributed by atoms with Gasteiger partial charge in [-0.05, 0) is 69.1 Å². The molecule has 6 nitrogen and oxygen atoms in total. The van der Waals surface area contributed by atoms with Crippen LogP contribution in [0.1, 0.15) is 59.9 Å². The van der Waals surface area contributed by atoms with Gasteiger partial charge in [-0.1, -0.05) is 48.4 Å². The first-order valence-electron chi connectivity index (χ1n) is 12.4. The number of nitrogens with one attached hydrogen (secondary N) is 1. The fourth-order valence-corrected chi connectivity index (χ4v) is 5.62. The van der Waals surface area contributed by atoms with Gasteiger partial charge in [0.15, 0.2) is 0 Å². The number of rotatable bonds is 10. The summed E-state index contributed by atoms with van der Waals surface area (Å²) in [6.07, 6.45) is 5.64. The molecule has 3 aromatic rings. The Morgan fingerprint density at radius 3 is 2.58 bits per heavy atom. The molecule has 1 amide bonds. The molecule has 36 heavy (non-hydrogen) atoms. The number of hydrogen-bond acceptors (Lipinski definition) is 6. The number of benzene rings is 2. The van der Waals surface area contributed by atoms with Crippen molar-refractivity contribution in [3.8, 4) is 11.1 Å². The van der Waals surface area contributed by atoms with Gasteiger partial charge < -0.3 is 15.0 Å². The summed E-state index contributed by atoms with van der Waals surface area (Å²) in [5.41, 5.74) is 3.15. The summed E-state index contributed by atoms with van der Waals surface area (Å²) < 4.78 is 4.69. The van der Waals surface area contributed by atoms with Crippen LogP contribution in [0.5, 0.6) is 0 Å². The minimum absolute atomic E-state index is 0.127. The number of carbonyl (C=O) groups is 2. The van der Waals surface area contributed by atoms with Crippen LogP contribution in [0, 0.1) is 0 Å². The number of thiazole rings is 1. The Bertz CT molecular complexity index is 1160. The van der Waals surface area contributed by atoms with E-state index in [9.17, 15) is 9.59 Å². The predicted molar refractivity (Wildman–Crippen MR) is 146 cm³/mol. The number of nitrogens with zero attached hydrogens (tertiary/aromatic N) is 2. The second kappa shape index (κ2) is 13.0. The largest absolute Gasteiger partial charge is 0.469 e. The quantitative estimate of drug-likeness (QED) is 0.237. The Balaban J connectivity index is 1.28. The number of ether oxygens (including phenoxy) is 1. The van der Waals surface area contributed by atoms with Crippen molar-refractivity contribution in [2.45, 2.75) is 44.4 Å². The summed E-state index contributed by atoms with van der Waals surface area (Å²) in [4.78, 5) is 31.4. The normalized spacial score (nSPS) is 14.5. The zero-order valence-corrected chi connectivity index (χ0v) is 22.1. The molecule has 1 fully saturated rings. The third-order valence-electron chi connectivity index (χ3n) is 6.60. The number of unbranched alkanes of at least 4 members (excludes halogenated alkanes) is 2. The first-order chi connectivity index (χ1) is 17.5. The van der Waals surface area contributed by atoms with E-state index >= 15 is 0 Å². The predicted octanol–water partition coefficient (Wildman–Crippen LogP) is 6.63. The van der Waals surface area contributed by atoms with Gasteiger partial charge in [-0.15, -0.1) is 11.3 Å². The molecule has 190 valence electrons. The second-order valence-electron chi connectivity index (χ2n) is 9.08. The van der Waals surface area contributed by atoms with E-state index < -0.39 is 0 Å². The van der Waals surface area contributed by atoms with E-state index in [0.717, 1.165) is 73.6 Å². The molecule has 0 aliphatic carbocycles. The Morgan fingerprint density at radius 1 is 1.08 bits per heavy atom. The van der Waals surface area contributed by atoms with E-state index in [4.69, 9.17) is 21.3 Å². The molecular formula is C28H32ClN3O3S. The molecule has 2 heterocycles. The molecule has 0 spiro atoms. The Morgan fingerprint density at radius 2 is 1.83 bits per heavy atom. The maximum Gasteiger partial charge on any atom is 0.305 e. The first kappa shape index (κ1) is 26.3.